The number of hydrogen-bond acceptors (Lipinski definition) is 4. The summed E-state index contributed by atoms with van der Waals surface area (Å²) in [6.07, 6.45) is 0. The number of hydrogen-bond donors (Lipinski definition) is 0. The lowest BCUT2D eigenvalue weighted by molar-refractivity contribution is 0.661. The van der Waals surface area contributed by atoms with Crippen LogP contribution in [0.25, 0.3) is 109 Å². The summed E-state index contributed by atoms with van der Waals surface area (Å²) in [6, 6.07) is 54.8. The zero-order chi connectivity index (χ0) is 35.7. The maximum absolute atomic E-state index is 5.07. The first-order valence-corrected chi connectivity index (χ1v) is 19.3. The smallest absolute Gasteiger partial charge is 0.164 e. The zero-order valence-electron chi connectivity index (χ0n) is 29.7. The second-order valence-electron chi connectivity index (χ2n) is 15.1. The summed E-state index contributed by atoms with van der Waals surface area (Å²) in [4.78, 5) is 15.1. The van der Waals surface area contributed by atoms with Crippen molar-refractivity contribution in [3.05, 3.63) is 163 Å². The van der Waals surface area contributed by atoms with Crippen molar-refractivity contribution in [3.8, 4) is 67.5 Å². The first kappa shape index (κ1) is 30.0. The molecule has 0 aliphatic heterocycles. The highest BCUT2D eigenvalue weighted by atomic mass is 32.1. The quantitative estimate of drug-likeness (QED) is 0.183. The van der Waals surface area contributed by atoms with Gasteiger partial charge in [0.05, 0.1) is 0 Å². The van der Waals surface area contributed by atoms with Gasteiger partial charge in [-0.05, 0) is 84.3 Å². The largest absolute Gasteiger partial charge is 0.208 e. The van der Waals surface area contributed by atoms with Crippen LogP contribution in [0.1, 0.15) is 25.0 Å². The summed E-state index contributed by atoms with van der Waals surface area (Å²) in [5, 5.41) is 7.77. The van der Waals surface area contributed by atoms with Gasteiger partial charge in [-0.25, -0.2) is 15.0 Å². The number of thiophene rings is 1. The summed E-state index contributed by atoms with van der Waals surface area (Å²) in [7, 11) is 0. The van der Waals surface area contributed by atoms with E-state index in [1.54, 1.807) is 0 Å². The Balaban J connectivity index is 1.10. The minimum atomic E-state index is -0.0756. The molecule has 252 valence electrons. The van der Waals surface area contributed by atoms with Gasteiger partial charge in [0.1, 0.15) is 0 Å². The fourth-order valence-corrected chi connectivity index (χ4v) is 10.5. The van der Waals surface area contributed by atoms with Crippen molar-refractivity contribution in [1.29, 1.82) is 0 Å². The highest BCUT2D eigenvalue weighted by Gasteiger charge is 2.40. The molecule has 10 aromatic rings. The predicted molar refractivity (Wildman–Crippen MR) is 226 cm³/mol. The second kappa shape index (κ2) is 10.8. The maximum Gasteiger partial charge on any atom is 0.164 e. The van der Waals surface area contributed by atoms with E-state index in [0.29, 0.717) is 17.5 Å². The Morgan fingerprint density at radius 1 is 0.407 bits per heavy atom. The van der Waals surface area contributed by atoms with E-state index in [9.17, 15) is 0 Å². The molecule has 0 unspecified atom stereocenters. The summed E-state index contributed by atoms with van der Waals surface area (Å²) >= 11 is 1.92. The van der Waals surface area contributed by atoms with Gasteiger partial charge in [0.25, 0.3) is 0 Å². The fourth-order valence-electron chi connectivity index (χ4n) is 9.34. The van der Waals surface area contributed by atoms with Gasteiger partial charge in [-0.15, -0.1) is 11.3 Å². The summed E-state index contributed by atoms with van der Waals surface area (Å²) < 4.78 is 2.69. The lowest BCUT2D eigenvalue weighted by atomic mass is 9.80. The number of benzene rings is 8. The van der Waals surface area contributed by atoms with Crippen molar-refractivity contribution in [1.82, 2.24) is 15.0 Å². The van der Waals surface area contributed by atoms with Crippen LogP contribution in [0.15, 0.2) is 152 Å². The molecule has 2 aromatic heterocycles. The third kappa shape index (κ3) is 4.03. The van der Waals surface area contributed by atoms with Crippen molar-refractivity contribution >= 4 is 53.1 Å². The third-order valence-corrected chi connectivity index (χ3v) is 12.9. The van der Waals surface area contributed by atoms with E-state index in [1.165, 1.54) is 75.5 Å². The molecule has 2 aliphatic rings. The molecule has 0 bridgehead atoms. The van der Waals surface area contributed by atoms with Crippen LogP contribution in [0, 0.1) is 0 Å². The summed E-state index contributed by atoms with van der Waals surface area (Å²) in [5.41, 5.74) is 13.7. The number of fused-ring (bicyclic) bond motifs is 2. The van der Waals surface area contributed by atoms with E-state index in [-0.39, 0.29) is 5.41 Å². The van der Waals surface area contributed by atoms with Gasteiger partial charge in [0.15, 0.2) is 17.5 Å². The van der Waals surface area contributed by atoms with E-state index in [0.717, 1.165) is 27.5 Å². The Morgan fingerprint density at radius 2 is 1.06 bits per heavy atom. The molecule has 2 heterocycles. The van der Waals surface area contributed by atoms with Crippen LogP contribution >= 0.6 is 11.3 Å². The maximum atomic E-state index is 5.07. The van der Waals surface area contributed by atoms with E-state index in [2.05, 4.69) is 129 Å². The van der Waals surface area contributed by atoms with Crippen LogP contribution < -0.4 is 0 Å². The van der Waals surface area contributed by atoms with Crippen molar-refractivity contribution in [3.63, 3.8) is 0 Å². The molecule has 2 aliphatic carbocycles. The predicted octanol–water partition coefficient (Wildman–Crippen LogP) is 13.5. The van der Waals surface area contributed by atoms with Crippen molar-refractivity contribution < 1.29 is 0 Å². The molecular formula is C50H31N3S. The lowest BCUT2D eigenvalue weighted by Gasteiger charge is -2.22. The number of nitrogens with zero attached hydrogens (tertiary/aromatic N) is 3. The van der Waals surface area contributed by atoms with Crippen molar-refractivity contribution in [2.45, 2.75) is 19.3 Å². The van der Waals surface area contributed by atoms with E-state index in [4.69, 9.17) is 15.0 Å². The summed E-state index contributed by atoms with van der Waals surface area (Å²) in [5.74, 6) is 1.99. The molecule has 12 rings (SSSR count). The molecule has 0 N–H and O–H groups in total. The van der Waals surface area contributed by atoms with Crippen LogP contribution in [0.5, 0.6) is 0 Å². The normalized spacial score (nSPS) is 13.5. The second-order valence-corrected chi connectivity index (χ2v) is 16.2. The van der Waals surface area contributed by atoms with E-state index < -0.39 is 0 Å². The fraction of sp³-hybridized carbons (Fsp3) is 0.0600. The van der Waals surface area contributed by atoms with Gasteiger partial charge in [-0.2, -0.15) is 0 Å². The standard InChI is InChI=1S/C50H31N3S/c1-50(2)38-20-10-17-33-34-18-11-21-40-43(34)46-41(54-40)27-37(35-24-25-39(50)45(42(33)38)44(35)46)31-22-23-32-30(26-31)16-9-19-36(32)49-52-47(28-12-5-3-6-13-28)51-48(53-49)29-14-7-4-8-15-29/h3-27H,1-2H3. The van der Waals surface area contributed by atoms with Crippen molar-refractivity contribution in [2.24, 2.45) is 0 Å². The van der Waals surface area contributed by atoms with E-state index >= 15 is 0 Å². The van der Waals surface area contributed by atoms with Crippen LogP contribution in [0.2, 0.25) is 0 Å². The Kier molecular flexibility index (Phi) is 6.00. The molecule has 0 saturated heterocycles. The molecular weight excluding hydrogens is 675 g/mol. The van der Waals surface area contributed by atoms with Gasteiger partial charge in [-0.1, -0.05) is 147 Å². The SMILES string of the molecule is CC1(C)c2cccc3c2-c2c1ccc1c(-c4ccc5c(-c6nc(-c7ccccc7)nc(-c7ccccc7)n6)cccc5c4)cc4sc5cccc-3c5c4c21. The average Bonchev–Trinajstić information content (AvgIpc) is 3.67. The molecule has 4 heteroatoms. The van der Waals surface area contributed by atoms with Gasteiger partial charge in [0, 0.05) is 42.3 Å². The number of aromatic nitrogens is 3. The van der Waals surface area contributed by atoms with Gasteiger partial charge >= 0.3 is 0 Å². The Hall–Kier alpha value is -6.49. The van der Waals surface area contributed by atoms with Crippen LogP contribution in [-0.4, -0.2) is 15.0 Å². The van der Waals surface area contributed by atoms with E-state index in [1.807, 2.05) is 47.7 Å². The van der Waals surface area contributed by atoms with Crippen LogP contribution in [0.3, 0.4) is 0 Å². The Labute approximate surface area is 316 Å². The highest BCUT2D eigenvalue weighted by Crippen LogP contribution is 2.60. The summed E-state index contributed by atoms with van der Waals surface area (Å²) in [6.45, 7) is 4.79. The first-order chi connectivity index (χ1) is 26.5. The Bertz CT molecular complexity index is 3170. The molecule has 0 saturated carbocycles. The van der Waals surface area contributed by atoms with Gasteiger partial charge < -0.3 is 0 Å². The van der Waals surface area contributed by atoms with Crippen LogP contribution in [0.4, 0.5) is 0 Å². The molecule has 0 spiro atoms. The first-order valence-electron chi connectivity index (χ1n) is 18.5. The Morgan fingerprint density at radius 3 is 1.83 bits per heavy atom. The topological polar surface area (TPSA) is 38.7 Å². The zero-order valence-corrected chi connectivity index (χ0v) is 30.5. The minimum absolute atomic E-state index is 0.0756. The molecule has 0 amide bonds. The third-order valence-electron chi connectivity index (χ3n) is 11.8. The monoisotopic (exact) mass is 705 g/mol. The minimum Gasteiger partial charge on any atom is -0.208 e. The van der Waals surface area contributed by atoms with Crippen molar-refractivity contribution in [2.75, 3.05) is 0 Å². The van der Waals surface area contributed by atoms with Gasteiger partial charge in [-0.3, -0.25) is 0 Å². The molecule has 0 radical (unpaired) electrons. The average molecular weight is 706 g/mol. The lowest BCUT2D eigenvalue weighted by Crippen LogP contribution is -2.14. The molecule has 0 atom stereocenters. The molecule has 54 heavy (non-hydrogen) atoms. The highest BCUT2D eigenvalue weighted by molar-refractivity contribution is 7.26. The number of rotatable bonds is 4. The molecule has 0 fully saturated rings. The van der Waals surface area contributed by atoms with Gasteiger partial charge in [0.2, 0.25) is 0 Å². The van der Waals surface area contributed by atoms with Crippen LogP contribution in [-0.2, 0) is 5.41 Å². The molecule has 3 nitrogen and oxygen atoms in total. The molecule has 8 aromatic carbocycles.